The van der Waals surface area contributed by atoms with E-state index in [4.69, 9.17) is 5.11 Å². The monoisotopic (exact) mass is 278 g/mol. The van der Waals surface area contributed by atoms with Gasteiger partial charge in [-0.25, -0.2) is 4.79 Å². The van der Waals surface area contributed by atoms with E-state index in [2.05, 4.69) is 5.32 Å². The molecule has 0 saturated carbocycles. The van der Waals surface area contributed by atoms with Crippen LogP contribution in [0.1, 0.15) is 18.4 Å². The van der Waals surface area contributed by atoms with Crippen LogP contribution in [-0.4, -0.2) is 46.3 Å². The summed E-state index contributed by atoms with van der Waals surface area (Å²) in [7, 11) is 0. The van der Waals surface area contributed by atoms with Crippen LogP contribution in [0.2, 0.25) is 0 Å². The number of carbonyl (C=O) groups is 2. The molecule has 1 aromatic carbocycles. The number of carboxylic acid groups (broad SMARTS) is 1. The molecule has 1 aromatic rings. The van der Waals surface area contributed by atoms with Gasteiger partial charge in [0.1, 0.15) is 0 Å². The zero-order valence-electron chi connectivity index (χ0n) is 11.1. The third-order valence-electron chi connectivity index (χ3n) is 3.28. The molecule has 6 heteroatoms. The van der Waals surface area contributed by atoms with Crippen molar-refractivity contribution >= 4 is 17.7 Å². The number of β-amino-alcohol motifs (C(OH)–C–C–N with tert-alkyl or cyclic N) is 1. The maximum absolute atomic E-state index is 12.1. The summed E-state index contributed by atoms with van der Waals surface area (Å²) in [5.41, 5.74) is 1.06. The molecule has 2 rings (SSSR count). The molecule has 1 aliphatic heterocycles. The number of hydrogen-bond donors (Lipinski definition) is 3. The highest BCUT2D eigenvalue weighted by atomic mass is 16.4. The van der Waals surface area contributed by atoms with Gasteiger partial charge in [-0.15, -0.1) is 0 Å². The highest BCUT2D eigenvalue weighted by Crippen LogP contribution is 2.18. The summed E-state index contributed by atoms with van der Waals surface area (Å²) in [6, 6.07) is 6.53. The summed E-state index contributed by atoms with van der Waals surface area (Å²) in [5.74, 6) is -0.944. The van der Waals surface area contributed by atoms with Gasteiger partial charge in [-0.1, -0.05) is 18.2 Å². The Morgan fingerprint density at radius 2 is 2.10 bits per heavy atom. The molecule has 0 aromatic heterocycles. The number of nitrogens with zero attached hydrogens (tertiary/aromatic N) is 1. The topological polar surface area (TPSA) is 89.9 Å². The maximum Gasteiger partial charge on any atom is 0.321 e. The first-order valence-electron chi connectivity index (χ1n) is 6.60. The predicted octanol–water partition coefficient (Wildman–Crippen LogP) is 1.30. The normalized spacial score (nSPS) is 18.6. The number of amides is 2. The van der Waals surface area contributed by atoms with Gasteiger partial charge in [-0.2, -0.15) is 0 Å². The van der Waals surface area contributed by atoms with Crippen LogP contribution >= 0.6 is 0 Å². The molecule has 20 heavy (non-hydrogen) atoms. The highest BCUT2D eigenvalue weighted by Gasteiger charge is 2.22. The van der Waals surface area contributed by atoms with Crippen LogP contribution in [0, 0.1) is 0 Å². The summed E-state index contributed by atoms with van der Waals surface area (Å²) in [4.78, 5) is 24.4. The number of aliphatic hydroxyl groups is 1. The number of piperidine rings is 1. The first kappa shape index (κ1) is 14.3. The Labute approximate surface area is 117 Å². The molecule has 0 aliphatic carbocycles. The smallest absolute Gasteiger partial charge is 0.321 e. The van der Waals surface area contributed by atoms with Crippen molar-refractivity contribution in [3.05, 3.63) is 29.8 Å². The Bertz CT molecular complexity index is 504. The lowest BCUT2D eigenvalue weighted by molar-refractivity contribution is -0.136. The van der Waals surface area contributed by atoms with Gasteiger partial charge >= 0.3 is 12.0 Å². The number of para-hydroxylation sites is 1. The van der Waals surface area contributed by atoms with E-state index in [9.17, 15) is 14.7 Å². The van der Waals surface area contributed by atoms with Crippen LogP contribution in [0.15, 0.2) is 24.3 Å². The molecular formula is C14H18N2O4. The number of benzene rings is 1. The minimum atomic E-state index is -0.944. The van der Waals surface area contributed by atoms with Gasteiger partial charge in [0.15, 0.2) is 0 Å². The van der Waals surface area contributed by atoms with Crippen molar-refractivity contribution in [3.63, 3.8) is 0 Å². The molecule has 1 heterocycles. The van der Waals surface area contributed by atoms with Crippen LogP contribution in [-0.2, 0) is 11.2 Å². The molecule has 1 unspecified atom stereocenters. The zero-order chi connectivity index (χ0) is 14.5. The zero-order valence-corrected chi connectivity index (χ0v) is 11.1. The standard InChI is InChI=1S/C14H18N2O4/c17-11-5-3-7-16(9-11)14(20)15-12-6-2-1-4-10(12)8-13(18)19/h1-2,4,6,11,17H,3,5,7-9H2,(H,15,20)(H,18,19). The Morgan fingerprint density at radius 3 is 2.80 bits per heavy atom. The highest BCUT2D eigenvalue weighted by molar-refractivity contribution is 5.91. The molecule has 1 atom stereocenters. The molecule has 0 radical (unpaired) electrons. The van der Waals surface area contributed by atoms with Crippen LogP contribution in [0.4, 0.5) is 10.5 Å². The Balaban J connectivity index is 2.05. The fourth-order valence-corrected chi connectivity index (χ4v) is 2.29. The third-order valence-corrected chi connectivity index (χ3v) is 3.28. The van der Waals surface area contributed by atoms with E-state index >= 15 is 0 Å². The third kappa shape index (κ3) is 3.71. The Kier molecular flexibility index (Phi) is 4.57. The molecule has 108 valence electrons. The van der Waals surface area contributed by atoms with Gasteiger partial charge in [0.25, 0.3) is 0 Å². The Hall–Kier alpha value is -2.08. The first-order chi connectivity index (χ1) is 9.56. The molecule has 1 saturated heterocycles. The maximum atomic E-state index is 12.1. The van der Waals surface area contributed by atoms with Gasteiger partial charge < -0.3 is 20.4 Å². The summed E-state index contributed by atoms with van der Waals surface area (Å²) in [6.07, 6.45) is 0.854. The van der Waals surface area contributed by atoms with E-state index in [-0.39, 0.29) is 12.5 Å². The van der Waals surface area contributed by atoms with E-state index in [0.29, 0.717) is 30.8 Å². The summed E-state index contributed by atoms with van der Waals surface area (Å²) >= 11 is 0. The lowest BCUT2D eigenvalue weighted by Crippen LogP contribution is -2.44. The summed E-state index contributed by atoms with van der Waals surface area (Å²) in [6.45, 7) is 0.914. The number of likely N-dealkylation sites (tertiary alicyclic amines) is 1. The van der Waals surface area contributed by atoms with Crippen LogP contribution < -0.4 is 5.32 Å². The molecule has 1 aliphatic rings. The first-order valence-corrected chi connectivity index (χ1v) is 6.60. The van der Waals surface area contributed by atoms with Crippen molar-refractivity contribution in [2.75, 3.05) is 18.4 Å². The number of nitrogens with one attached hydrogen (secondary N) is 1. The molecule has 1 fully saturated rings. The van der Waals surface area contributed by atoms with Crippen molar-refractivity contribution in [3.8, 4) is 0 Å². The number of aliphatic carboxylic acids is 1. The second-order valence-electron chi connectivity index (χ2n) is 4.90. The van der Waals surface area contributed by atoms with Crippen molar-refractivity contribution in [1.29, 1.82) is 0 Å². The number of hydrogen-bond acceptors (Lipinski definition) is 3. The fourth-order valence-electron chi connectivity index (χ4n) is 2.29. The van der Waals surface area contributed by atoms with E-state index in [0.717, 1.165) is 6.42 Å². The Morgan fingerprint density at radius 1 is 1.35 bits per heavy atom. The molecule has 3 N–H and O–H groups in total. The van der Waals surface area contributed by atoms with Gasteiger partial charge in [-0.3, -0.25) is 4.79 Å². The average molecular weight is 278 g/mol. The number of carbonyl (C=O) groups excluding carboxylic acids is 1. The number of rotatable bonds is 3. The summed E-state index contributed by atoms with van der Waals surface area (Å²) < 4.78 is 0. The van der Waals surface area contributed by atoms with E-state index in [1.807, 2.05) is 0 Å². The predicted molar refractivity (Wildman–Crippen MR) is 73.6 cm³/mol. The van der Waals surface area contributed by atoms with Crippen molar-refractivity contribution in [2.24, 2.45) is 0 Å². The van der Waals surface area contributed by atoms with Gasteiger partial charge in [0.05, 0.1) is 12.5 Å². The minimum absolute atomic E-state index is 0.140. The fraction of sp³-hybridized carbons (Fsp3) is 0.429. The molecule has 0 bridgehead atoms. The lowest BCUT2D eigenvalue weighted by Gasteiger charge is -2.30. The van der Waals surface area contributed by atoms with Crippen molar-refractivity contribution in [1.82, 2.24) is 4.90 Å². The SMILES string of the molecule is O=C(O)Cc1ccccc1NC(=O)N1CCCC(O)C1. The largest absolute Gasteiger partial charge is 0.481 e. The average Bonchev–Trinajstić information content (AvgIpc) is 2.40. The number of aliphatic hydroxyl groups excluding tert-OH is 1. The van der Waals surface area contributed by atoms with E-state index in [1.54, 1.807) is 29.2 Å². The minimum Gasteiger partial charge on any atom is -0.481 e. The number of anilines is 1. The van der Waals surface area contributed by atoms with Crippen molar-refractivity contribution < 1.29 is 19.8 Å². The second kappa shape index (κ2) is 6.38. The van der Waals surface area contributed by atoms with E-state index < -0.39 is 12.1 Å². The van der Waals surface area contributed by atoms with Gasteiger partial charge in [0, 0.05) is 18.8 Å². The summed E-state index contributed by atoms with van der Waals surface area (Å²) in [5, 5.41) is 21.1. The molecule has 0 spiro atoms. The quantitative estimate of drug-likeness (QED) is 0.777. The van der Waals surface area contributed by atoms with Gasteiger partial charge in [-0.05, 0) is 24.5 Å². The molecular weight excluding hydrogens is 260 g/mol. The van der Waals surface area contributed by atoms with Crippen LogP contribution in [0.3, 0.4) is 0 Å². The number of carboxylic acids is 1. The number of urea groups is 1. The lowest BCUT2D eigenvalue weighted by atomic mass is 10.1. The second-order valence-corrected chi connectivity index (χ2v) is 4.90. The van der Waals surface area contributed by atoms with Crippen LogP contribution in [0.25, 0.3) is 0 Å². The molecule has 6 nitrogen and oxygen atoms in total. The van der Waals surface area contributed by atoms with Crippen molar-refractivity contribution in [2.45, 2.75) is 25.4 Å². The van der Waals surface area contributed by atoms with Crippen LogP contribution in [0.5, 0.6) is 0 Å². The van der Waals surface area contributed by atoms with E-state index in [1.165, 1.54) is 0 Å². The molecule has 2 amide bonds. The van der Waals surface area contributed by atoms with Gasteiger partial charge in [0.2, 0.25) is 0 Å².